The molecular weight excluding hydrogens is 254 g/mol. The van der Waals surface area contributed by atoms with Gasteiger partial charge in [-0.1, -0.05) is 23.7 Å². The van der Waals surface area contributed by atoms with Gasteiger partial charge in [0.2, 0.25) is 0 Å². The highest BCUT2D eigenvalue weighted by Gasteiger charge is 2.12. The van der Waals surface area contributed by atoms with Crippen molar-refractivity contribution in [2.45, 2.75) is 6.54 Å². The van der Waals surface area contributed by atoms with Crippen LogP contribution in [0.15, 0.2) is 36.5 Å². The molecule has 0 atom stereocenters. The van der Waals surface area contributed by atoms with Crippen molar-refractivity contribution < 1.29 is 14.6 Å². The number of benzene rings is 1. The van der Waals surface area contributed by atoms with Crippen LogP contribution in [0, 0.1) is 0 Å². The molecule has 0 radical (unpaired) electrons. The Morgan fingerprint density at radius 2 is 2.22 bits per heavy atom. The van der Waals surface area contributed by atoms with Crippen molar-refractivity contribution in [2.75, 3.05) is 7.11 Å². The Morgan fingerprint density at radius 3 is 2.89 bits per heavy atom. The number of rotatable bonds is 4. The molecule has 1 N–H and O–H groups in total. The van der Waals surface area contributed by atoms with Crippen LogP contribution in [0.2, 0.25) is 5.02 Å². The van der Waals surface area contributed by atoms with Gasteiger partial charge < -0.3 is 14.4 Å². The molecule has 0 unspecified atom stereocenters. The highest BCUT2D eigenvalue weighted by atomic mass is 35.5. The SMILES string of the molecule is COc1cccc(Cn2cc(Cl)cc2C(=O)O)c1. The predicted octanol–water partition coefficient (Wildman–Crippen LogP) is 2.90. The second kappa shape index (κ2) is 5.14. The molecule has 0 saturated carbocycles. The molecule has 5 heteroatoms. The van der Waals surface area contributed by atoms with E-state index in [0.29, 0.717) is 11.6 Å². The van der Waals surface area contributed by atoms with Crippen molar-refractivity contribution >= 4 is 17.6 Å². The molecule has 18 heavy (non-hydrogen) atoms. The molecule has 2 aromatic rings. The van der Waals surface area contributed by atoms with E-state index in [0.717, 1.165) is 11.3 Å². The Kier molecular flexibility index (Phi) is 3.58. The summed E-state index contributed by atoms with van der Waals surface area (Å²) in [6.45, 7) is 0.436. The Morgan fingerprint density at radius 1 is 1.44 bits per heavy atom. The summed E-state index contributed by atoms with van der Waals surface area (Å²) in [5, 5.41) is 9.47. The van der Waals surface area contributed by atoms with Gasteiger partial charge in [0, 0.05) is 12.7 Å². The molecule has 94 valence electrons. The van der Waals surface area contributed by atoms with Crippen LogP contribution >= 0.6 is 11.6 Å². The Hall–Kier alpha value is -1.94. The van der Waals surface area contributed by atoms with Gasteiger partial charge >= 0.3 is 5.97 Å². The zero-order valence-corrected chi connectivity index (χ0v) is 10.5. The molecule has 2 rings (SSSR count). The fourth-order valence-corrected chi connectivity index (χ4v) is 1.97. The molecule has 0 saturated heterocycles. The average molecular weight is 266 g/mol. The van der Waals surface area contributed by atoms with Crippen LogP contribution in [-0.4, -0.2) is 22.8 Å². The van der Waals surface area contributed by atoms with E-state index in [4.69, 9.17) is 21.4 Å². The summed E-state index contributed by atoms with van der Waals surface area (Å²) in [5.74, 6) is -0.257. The summed E-state index contributed by atoms with van der Waals surface area (Å²) in [6, 6.07) is 8.90. The second-order valence-electron chi connectivity index (χ2n) is 3.83. The molecule has 0 bridgehead atoms. The Labute approximate surface area is 109 Å². The molecule has 0 aliphatic carbocycles. The third kappa shape index (κ3) is 2.65. The molecule has 1 aromatic carbocycles. The van der Waals surface area contributed by atoms with E-state index >= 15 is 0 Å². The van der Waals surface area contributed by atoms with Gasteiger partial charge in [0.1, 0.15) is 11.4 Å². The average Bonchev–Trinajstić information content (AvgIpc) is 2.70. The van der Waals surface area contributed by atoms with Gasteiger partial charge in [-0.25, -0.2) is 4.79 Å². The molecule has 0 aliphatic rings. The molecule has 0 aliphatic heterocycles. The van der Waals surface area contributed by atoms with E-state index < -0.39 is 5.97 Å². The lowest BCUT2D eigenvalue weighted by molar-refractivity contribution is 0.0685. The first-order chi connectivity index (χ1) is 8.60. The number of ether oxygens (including phenoxy) is 1. The number of aromatic carboxylic acids is 1. The minimum absolute atomic E-state index is 0.169. The Bertz CT molecular complexity index is 577. The summed E-state index contributed by atoms with van der Waals surface area (Å²) < 4.78 is 6.72. The van der Waals surface area contributed by atoms with Gasteiger partial charge in [-0.2, -0.15) is 0 Å². The van der Waals surface area contributed by atoms with Gasteiger partial charge in [0.15, 0.2) is 0 Å². The summed E-state index contributed by atoms with van der Waals surface area (Å²) >= 11 is 5.83. The second-order valence-corrected chi connectivity index (χ2v) is 4.26. The normalized spacial score (nSPS) is 10.3. The maximum absolute atomic E-state index is 11.0. The zero-order chi connectivity index (χ0) is 13.1. The third-order valence-corrected chi connectivity index (χ3v) is 2.78. The van der Waals surface area contributed by atoms with Crippen molar-refractivity contribution in [3.63, 3.8) is 0 Å². The van der Waals surface area contributed by atoms with Crippen LogP contribution in [0.4, 0.5) is 0 Å². The lowest BCUT2D eigenvalue weighted by Crippen LogP contribution is -2.08. The number of carboxylic acid groups (broad SMARTS) is 1. The molecule has 4 nitrogen and oxygen atoms in total. The van der Waals surface area contributed by atoms with Gasteiger partial charge in [-0.15, -0.1) is 0 Å². The third-order valence-electron chi connectivity index (χ3n) is 2.57. The number of nitrogens with zero attached hydrogens (tertiary/aromatic N) is 1. The van der Waals surface area contributed by atoms with E-state index in [1.165, 1.54) is 6.07 Å². The fourth-order valence-electron chi connectivity index (χ4n) is 1.75. The Balaban J connectivity index is 2.30. The summed E-state index contributed by atoms with van der Waals surface area (Å²) in [4.78, 5) is 11.0. The molecule has 0 fully saturated rings. The van der Waals surface area contributed by atoms with E-state index in [2.05, 4.69) is 0 Å². The van der Waals surface area contributed by atoms with Crippen molar-refractivity contribution in [3.8, 4) is 5.75 Å². The topological polar surface area (TPSA) is 51.5 Å². The van der Waals surface area contributed by atoms with Crippen molar-refractivity contribution in [3.05, 3.63) is 52.8 Å². The van der Waals surface area contributed by atoms with E-state index in [1.54, 1.807) is 17.9 Å². The largest absolute Gasteiger partial charge is 0.497 e. The lowest BCUT2D eigenvalue weighted by atomic mass is 10.2. The molecule has 0 amide bonds. The number of methoxy groups -OCH3 is 1. The van der Waals surface area contributed by atoms with Crippen LogP contribution in [0.3, 0.4) is 0 Å². The van der Waals surface area contributed by atoms with Crippen LogP contribution in [0.1, 0.15) is 16.1 Å². The summed E-state index contributed by atoms with van der Waals surface area (Å²) in [6.07, 6.45) is 1.60. The molecule has 0 spiro atoms. The summed E-state index contributed by atoms with van der Waals surface area (Å²) in [7, 11) is 1.59. The van der Waals surface area contributed by atoms with E-state index in [9.17, 15) is 4.79 Å². The highest BCUT2D eigenvalue weighted by molar-refractivity contribution is 6.30. The molecule has 1 heterocycles. The first-order valence-corrected chi connectivity index (χ1v) is 5.70. The van der Waals surface area contributed by atoms with E-state index in [-0.39, 0.29) is 5.69 Å². The zero-order valence-electron chi connectivity index (χ0n) is 9.76. The number of aromatic nitrogens is 1. The van der Waals surface area contributed by atoms with Crippen LogP contribution in [0.25, 0.3) is 0 Å². The number of halogens is 1. The van der Waals surface area contributed by atoms with Crippen molar-refractivity contribution in [1.82, 2.24) is 4.57 Å². The smallest absolute Gasteiger partial charge is 0.352 e. The minimum atomic E-state index is -0.996. The van der Waals surface area contributed by atoms with Gasteiger partial charge in [-0.3, -0.25) is 0 Å². The van der Waals surface area contributed by atoms with Gasteiger partial charge in [0.05, 0.1) is 12.1 Å². The van der Waals surface area contributed by atoms with Gasteiger partial charge in [0.25, 0.3) is 0 Å². The lowest BCUT2D eigenvalue weighted by Gasteiger charge is -2.07. The first kappa shape index (κ1) is 12.5. The number of hydrogen-bond acceptors (Lipinski definition) is 2. The number of carbonyl (C=O) groups is 1. The quantitative estimate of drug-likeness (QED) is 0.925. The number of carboxylic acids is 1. The predicted molar refractivity (Wildman–Crippen MR) is 68.5 cm³/mol. The highest BCUT2D eigenvalue weighted by Crippen LogP contribution is 2.18. The van der Waals surface area contributed by atoms with Crippen molar-refractivity contribution in [1.29, 1.82) is 0 Å². The van der Waals surface area contributed by atoms with Crippen molar-refractivity contribution in [2.24, 2.45) is 0 Å². The van der Waals surface area contributed by atoms with Gasteiger partial charge in [-0.05, 0) is 23.8 Å². The van der Waals surface area contributed by atoms with E-state index in [1.807, 2.05) is 24.3 Å². The minimum Gasteiger partial charge on any atom is -0.497 e. The summed E-state index contributed by atoms with van der Waals surface area (Å²) in [5.41, 5.74) is 1.12. The molecule has 1 aromatic heterocycles. The first-order valence-electron chi connectivity index (χ1n) is 5.32. The van der Waals surface area contributed by atoms with Crippen LogP contribution < -0.4 is 4.74 Å². The van der Waals surface area contributed by atoms with Crippen LogP contribution in [-0.2, 0) is 6.54 Å². The maximum atomic E-state index is 11.0. The molecular formula is C13H12ClNO3. The fraction of sp³-hybridized carbons (Fsp3) is 0.154. The standard InChI is InChI=1S/C13H12ClNO3/c1-18-11-4-2-3-9(5-11)7-15-8-10(14)6-12(15)13(16)17/h2-6,8H,7H2,1H3,(H,16,17). The van der Waals surface area contributed by atoms with Crippen LogP contribution in [0.5, 0.6) is 5.75 Å². The monoisotopic (exact) mass is 265 g/mol. The maximum Gasteiger partial charge on any atom is 0.352 e. The number of hydrogen-bond donors (Lipinski definition) is 1.